The van der Waals surface area contributed by atoms with Gasteiger partial charge >= 0.3 is 0 Å². The fourth-order valence-corrected chi connectivity index (χ4v) is 1.32. The number of hydrogen-bond acceptors (Lipinski definition) is 3. The maximum atomic E-state index is 11.3. The van der Waals surface area contributed by atoms with Gasteiger partial charge in [-0.1, -0.05) is 6.07 Å². The molecule has 2 N–H and O–H groups in total. The molecule has 0 atom stereocenters. The second-order valence-electron chi connectivity index (χ2n) is 3.93. The van der Waals surface area contributed by atoms with Crippen molar-refractivity contribution < 1.29 is 14.6 Å². The number of aromatic hydroxyl groups is 1. The molecule has 0 aliphatic heterocycles. The van der Waals surface area contributed by atoms with Crippen molar-refractivity contribution in [3.05, 3.63) is 29.8 Å². The molecule has 4 heteroatoms. The minimum atomic E-state index is -0.157. The van der Waals surface area contributed by atoms with E-state index in [1.54, 1.807) is 18.2 Å². The number of carbonyl (C=O) groups is 1. The van der Waals surface area contributed by atoms with Crippen molar-refractivity contribution in [1.82, 2.24) is 5.32 Å². The Morgan fingerprint density at radius 1 is 1.47 bits per heavy atom. The fraction of sp³-hybridized carbons (Fsp3) is 0.308. The maximum Gasteiger partial charge on any atom is 0.244 e. The van der Waals surface area contributed by atoms with E-state index in [1.165, 1.54) is 19.3 Å². The summed E-state index contributed by atoms with van der Waals surface area (Å²) in [5.74, 6) is 0.308. The van der Waals surface area contributed by atoms with E-state index in [2.05, 4.69) is 5.32 Å². The van der Waals surface area contributed by atoms with Crippen molar-refractivity contribution >= 4 is 12.0 Å². The van der Waals surface area contributed by atoms with Gasteiger partial charge < -0.3 is 15.2 Å². The lowest BCUT2D eigenvalue weighted by Gasteiger charge is -2.05. The van der Waals surface area contributed by atoms with Crippen molar-refractivity contribution in [3.63, 3.8) is 0 Å². The molecule has 0 aliphatic rings. The molecule has 92 valence electrons. The van der Waals surface area contributed by atoms with Crippen LogP contribution in [0.25, 0.3) is 6.08 Å². The first kappa shape index (κ1) is 13.1. The van der Waals surface area contributed by atoms with Gasteiger partial charge in [-0.25, -0.2) is 0 Å². The zero-order chi connectivity index (χ0) is 12.8. The Bertz CT molecular complexity index is 425. The van der Waals surface area contributed by atoms with Crippen LogP contribution in [0.15, 0.2) is 24.3 Å². The van der Waals surface area contributed by atoms with Crippen LogP contribution in [0, 0.1) is 0 Å². The number of nitrogens with one attached hydrogen (secondary N) is 1. The molecule has 0 saturated heterocycles. The number of phenolic OH excluding ortho intramolecular Hbond substituents is 1. The Kier molecular flexibility index (Phi) is 4.57. The van der Waals surface area contributed by atoms with E-state index in [0.29, 0.717) is 5.75 Å². The molecule has 0 fully saturated rings. The molecule has 0 heterocycles. The predicted octanol–water partition coefficient (Wildman–Crippen LogP) is 1.94. The molecule has 0 aromatic heterocycles. The van der Waals surface area contributed by atoms with Crippen LogP contribution in [-0.2, 0) is 4.79 Å². The van der Waals surface area contributed by atoms with Gasteiger partial charge in [0.2, 0.25) is 5.91 Å². The third-order valence-corrected chi connectivity index (χ3v) is 2.06. The number of ether oxygens (including phenoxy) is 1. The van der Waals surface area contributed by atoms with Crippen LogP contribution in [0.5, 0.6) is 11.5 Å². The Morgan fingerprint density at radius 3 is 2.71 bits per heavy atom. The number of hydrogen-bond donors (Lipinski definition) is 2. The number of phenols is 1. The molecule has 0 aliphatic carbocycles. The third kappa shape index (κ3) is 4.18. The number of amides is 1. The molecule has 1 aromatic rings. The normalized spacial score (nSPS) is 10.8. The lowest BCUT2D eigenvalue weighted by molar-refractivity contribution is -0.116. The average molecular weight is 235 g/mol. The molecule has 1 amide bonds. The smallest absolute Gasteiger partial charge is 0.244 e. The van der Waals surface area contributed by atoms with E-state index in [1.807, 2.05) is 13.8 Å². The van der Waals surface area contributed by atoms with E-state index in [0.717, 1.165) is 5.56 Å². The second-order valence-corrected chi connectivity index (χ2v) is 3.93. The first-order chi connectivity index (χ1) is 8.02. The van der Waals surface area contributed by atoms with Crippen LogP contribution in [0.2, 0.25) is 0 Å². The molecule has 0 spiro atoms. The highest BCUT2D eigenvalue weighted by molar-refractivity contribution is 5.91. The molecular weight excluding hydrogens is 218 g/mol. The Labute approximate surface area is 101 Å². The van der Waals surface area contributed by atoms with Crippen molar-refractivity contribution in [1.29, 1.82) is 0 Å². The van der Waals surface area contributed by atoms with E-state index in [-0.39, 0.29) is 17.7 Å². The summed E-state index contributed by atoms with van der Waals surface area (Å²) in [5.41, 5.74) is 0.738. The predicted molar refractivity (Wildman–Crippen MR) is 67.0 cm³/mol. The maximum absolute atomic E-state index is 11.3. The highest BCUT2D eigenvalue weighted by Crippen LogP contribution is 2.26. The Morgan fingerprint density at radius 2 is 2.18 bits per heavy atom. The van der Waals surface area contributed by atoms with E-state index in [9.17, 15) is 9.90 Å². The molecule has 1 aromatic carbocycles. The van der Waals surface area contributed by atoms with Gasteiger partial charge in [0, 0.05) is 12.1 Å². The minimum absolute atomic E-state index is 0.0546. The summed E-state index contributed by atoms with van der Waals surface area (Å²) in [4.78, 5) is 11.3. The summed E-state index contributed by atoms with van der Waals surface area (Å²) in [6.07, 6.45) is 3.07. The number of methoxy groups -OCH3 is 1. The quantitative estimate of drug-likeness (QED) is 0.784. The lowest BCUT2D eigenvalue weighted by Crippen LogP contribution is -2.28. The molecule has 0 saturated carbocycles. The van der Waals surface area contributed by atoms with Crippen molar-refractivity contribution in [2.75, 3.05) is 7.11 Å². The summed E-state index contributed by atoms with van der Waals surface area (Å²) >= 11 is 0. The monoisotopic (exact) mass is 235 g/mol. The molecule has 0 unspecified atom stereocenters. The van der Waals surface area contributed by atoms with Crippen LogP contribution in [0.4, 0.5) is 0 Å². The van der Waals surface area contributed by atoms with Gasteiger partial charge in [0.1, 0.15) is 0 Å². The van der Waals surface area contributed by atoms with Gasteiger partial charge in [0.05, 0.1) is 7.11 Å². The molecule has 1 rings (SSSR count). The van der Waals surface area contributed by atoms with Crippen molar-refractivity contribution in [3.8, 4) is 11.5 Å². The van der Waals surface area contributed by atoms with Crippen LogP contribution in [-0.4, -0.2) is 24.2 Å². The number of rotatable bonds is 4. The average Bonchev–Trinajstić information content (AvgIpc) is 2.25. The van der Waals surface area contributed by atoms with Crippen molar-refractivity contribution in [2.24, 2.45) is 0 Å². The van der Waals surface area contributed by atoms with Crippen LogP contribution in [0.1, 0.15) is 19.4 Å². The topological polar surface area (TPSA) is 58.6 Å². The van der Waals surface area contributed by atoms with Gasteiger partial charge in [-0.15, -0.1) is 0 Å². The first-order valence-corrected chi connectivity index (χ1v) is 5.38. The SMILES string of the molecule is COc1ccc(/C=C/C(=O)NC(C)C)cc1O. The molecular formula is C13H17NO3. The summed E-state index contributed by atoms with van der Waals surface area (Å²) < 4.78 is 4.92. The zero-order valence-electron chi connectivity index (χ0n) is 10.2. The standard InChI is InChI=1S/C13H17NO3/c1-9(2)14-13(16)7-5-10-4-6-12(17-3)11(15)8-10/h4-9,15H,1-3H3,(H,14,16)/b7-5+. The van der Waals surface area contributed by atoms with E-state index >= 15 is 0 Å². The summed E-state index contributed by atoms with van der Waals surface area (Å²) in [5, 5.41) is 12.3. The summed E-state index contributed by atoms with van der Waals surface area (Å²) in [6.45, 7) is 3.79. The Balaban J connectivity index is 2.72. The molecule has 0 radical (unpaired) electrons. The first-order valence-electron chi connectivity index (χ1n) is 5.38. The number of benzene rings is 1. The second kappa shape index (κ2) is 5.94. The van der Waals surface area contributed by atoms with E-state index < -0.39 is 0 Å². The zero-order valence-corrected chi connectivity index (χ0v) is 10.2. The minimum Gasteiger partial charge on any atom is -0.504 e. The van der Waals surface area contributed by atoms with Crippen LogP contribution in [0.3, 0.4) is 0 Å². The van der Waals surface area contributed by atoms with Gasteiger partial charge in [0.25, 0.3) is 0 Å². The molecule has 4 nitrogen and oxygen atoms in total. The summed E-state index contributed by atoms with van der Waals surface area (Å²) in [6, 6.07) is 5.06. The van der Waals surface area contributed by atoms with E-state index in [4.69, 9.17) is 4.74 Å². The third-order valence-electron chi connectivity index (χ3n) is 2.06. The number of carbonyl (C=O) groups excluding carboxylic acids is 1. The fourth-order valence-electron chi connectivity index (χ4n) is 1.32. The largest absolute Gasteiger partial charge is 0.504 e. The Hall–Kier alpha value is -1.97. The van der Waals surface area contributed by atoms with Gasteiger partial charge in [-0.2, -0.15) is 0 Å². The van der Waals surface area contributed by atoms with Crippen molar-refractivity contribution in [2.45, 2.75) is 19.9 Å². The lowest BCUT2D eigenvalue weighted by atomic mass is 10.2. The van der Waals surface area contributed by atoms with Gasteiger partial charge in [-0.05, 0) is 37.6 Å². The highest BCUT2D eigenvalue weighted by Gasteiger charge is 2.01. The molecule has 0 bridgehead atoms. The molecule has 17 heavy (non-hydrogen) atoms. The van der Waals surface area contributed by atoms with Gasteiger partial charge in [-0.3, -0.25) is 4.79 Å². The van der Waals surface area contributed by atoms with Crippen LogP contribution >= 0.6 is 0 Å². The summed E-state index contributed by atoms with van der Waals surface area (Å²) in [7, 11) is 1.49. The van der Waals surface area contributed by atoms with Crippen LogP contribution < -0.4 is 10.1 Å². The van der Waals surface area contributed by atoms with Gasteiger partial charge in [0.15, 0.2) is 11.5 Å². The highest BCUT2D eigenvalue weighted by atomic mass is 16.5.